The Bertz CT molecular complexity index is 273. The van der Waals surface area contributed by atoms with E-state index in [2.05, 4.69) is 24.9 Å². The summed E-state index contributed by atoms with van der Waals surface area (Å²) in [5.41, 5.74) is 1.29. The average Bonchev–Trinajstić information content (AvgIpc) is 2.15. The summed E-state index contributed by atoms with van der Waals surface area (Å²) in [5.74, 6) is 0. The van der Waals surface area contributed by atoms with Crippen LogP contribution in [0.3, 0.4) is 0 Å². The van der Waals surface area contributed by atoms with Crippen molar-refractivity contribution in [3.05, 3.63) is 34.9 Å². The van der Waals surface area contributed by atoms with E-state index >= 15 is 0 Å². The SMILES string of the molecule is CCCCN(C)Cc1cccc(Cl)c1. The van der Waals surface area contributed by atoms with Crippen LogP contribution in [0.2, 0.25) is 5.02 Å². The molecule has 0 heterocycles. The Morgan fingerprint density at radius 3 is 2.79 bits per heavy atom. The van der Waals surface area contributed by atoms with E-state index < -0.39 is 0 Å². The molecule has 0 aliphatic rings. The van der Waals surface area contributed by atoms with Gasteiger partial charge in [-0.15, -0.1) is 0 Å². The van der Waals surface area contributed by atoms with Gasteiger partial charge in [-0.3, -0.25) is 0 Å². The van der Waals surface area contributed by atoms with Gasteiger partial charge >= 0.3 is 0 Å². The predicted molar refractivity (Wildman–Crippen MR) is 62.7 cm³/mol. The molecule has 14 heavy (non-hydrogen) atoms. The standard InChI is InChI=1S/C12H18ClN/c1-3-4-8-14(2)10-11-6-5-7-12(13)9-11/h5-7,9H,3-4,8,10H2,1-2H3. The van der Waals surface area contributed by atoms with Crippen LogP contribution in [0.5, 0.6) is 0 Å². The summed E-state index contributed by atoms with van der Waals surface area (Å²) in [5, 5.41) is 0.825. The molecule has 1 nitrogen and oxygen atoms in total. The minimum Gasteiger partial charge on any atom is -0.302 e. The second-order valence-electron chi connectivity index (χ2n) is 3.72. The third-order valence-corrected chi connectivity index (χ3v) is 2.47. The molecule has 0 saturated carbocycles. The highest BCUT2D eigenvalue weighted by Gasteiger charge is 1.99. The van der Waals surface area contributed by atoms with Gasteiger partial charge in [-0.2, -0.15) is 0 Å². The Hall–Kier alpha value is -0.530. The van der Waals surface area contributed by atoms with E-state index in [0.29, 0.717) is 0 Å². The third kappa shape index (κ3) is 4.12. The Morgan fingerprint density at radius 1 is 1.36 bits per heavy atom. The van der Waals surface area contributed by atoms with Gasteiger partial charge in [0.1, 0.15) is 0 Å². The lowest BCUT2D eigenvalue weighted by Gasteiger charge is -2.16. The van der Waals surface area contributed by atoms with Crippen LogP contribution in [0.15, 0.2) is 24.3 Å². The van der Waals surface area contributed by atoms with Crippen LogP contribution in [0.25, 0.3) is 0 Å². The van der Waals surface area contributed by atoms with Gasteiger partial charge < -0.3 is 4.90 Å². The zero-order chi connectivity index (χ0) is 10.4. The van der Waals surface area contributed by atoms with Gasteiger partial charge in [0.05, 0.1) is 0 Å². The monoisotopic (exact) mass is 211 g/mol. The fraction of sp³-hybridized carbons (Fsp3) is 0.500. The fourth-order valence-corrected chi connectivity index (χ4v) is 1.67. The number of hydrogen-bond donors (Lipinski definition) is 0. The van der Waals surface area contributed by atoms with Crippen LogP contribution in [0, 0.1) is 0 Å². The maximum Gasteiger partial charge on any atom is 0.0409 e. The zero-order valence-corrected chi connectivity index (χ0v) is 9.72. The number of benzene rings is 1. The molecule has 0 fully saturated rings. The molecule has 0 radical (unpaired) electrons. The molecule has 0 unspecified atom stereocenters. The van der Waals surface area contributed by atoms with Crippen LogP contribution < -0.4 is 0 Å². The summed E-state index contributed by atoms with van der Waals surface area (Å²) in [7, 11) is 2.15. The van der Waals surface area contributed by atoms with Crippen molar-refractivity contribution in [3.8, 4) is 0 Å². The molecular weight excluding hydrogens is 194 g/mol. The molecule has 1 aromatic rings. The zero-order valence-electron chi connectivity index (χ0n) is 8.96. The van der Waals surface area contributed by atoms with Crippen molar-refractivity contribution in [1.29, 1.82) is 0 Å². The molecule has 0 atom stereocenters. The molecule has 0 bridgehead atoms. The lowest BCUT2D eigenvalue weighted by molar-refractivity contribution is 0.321. The van der Waals surface area contributed by atoms with Gasteiger partial charge in [0.2, 0.25) is 0 Å². The highest BCUT2D eigenvalue weighted by Crippen LogP contribution is 2.12. The van der Waals surface area contributed by atoms with E-state index in [-0.39, 0.29) is 0 Å². The highest BCUT2D eigenvalue weighted by atomic mass is 35.5. The predicted octanol–water partition coefficient (Wildman–Crippen LogP) is 3.57. The number of unbranched alkanes of at least 4 members (excludes halogenated alkanes) is 1. The number of halogens is 1. The largest absolute Gasteiger partial charge is 0.302 e. The molecule has 1 rings (SSSR count). The van der Waals surface area contributed by atoms with Crippen molar-refractivity contribution >= 4 is 11.6 Å². The van der Waals surface area contributed by atoms with Crippen molar-refractivity contribution in [2.75, 3.05) is 13.6 Å². The van der Waals surface area contributed by atoms with Crippen molar-refractivity contribution in [3.63, 3.8) is 0 Å². The Balaban J connectivity index is 2.43. The summed E-state index contributed by atoms with van der Waals surface area (Å²) in [6.45, 7) is 4.36. The fourth-order valence-electron chi connectivity index (χ4n) is 1.45. The van der Waals surface area contributed by atoms with Crippen molar-refractivity contribution in [2.45, 2.75) is 26.3 Å². The number of hydrogen-bond acceptors (Lipinski definition) is 1. The first kappa shape index (κ1) is 11.5. The number of nitrogens with zero attached hydrogens (tertiary/aromatic N) is 1. The summed E-state index contributed by atoms with van der Waals surface area (Å²) >= 11 is 5.91. The third-order valence-electron chi connectivity index (χ3n) is 2.23. The molecule has 78 valence electrons. The first-order valence-electron chi connectivity index (χ1n) is 5.15. The molecule has 0 aliphatic carbocycles. The summed E-state index contributed by atoms with van der Waals surface area (Å²) in [4.78, 5) is 2.33. The van der Waals surface area contributed by atoms with E-state index in [1.165, 1.54) is 18.4 Å². The van der Waals surface area contributed by atoms with E-state index in [1.54, 1.807) is 0 Å². The first-order valence-corrected chi connectivity index (χ1v) is 5.53. The normalized spacial score (nSPS) is 10.9. The molecule has 0 aromatic heterocycles. The first-order chi connectivity index (χ1) is 6.72. The van der Waals surface area contributed by atoms with E-state index in [1.807, 2.05) is 18.2 Å². The molecular formula is C12H18ClN. The minimum absolute atomic E-state index is 0.825. The summed E-state index contributed by atoms with van der Waals surface area (Å²) < 4.78 is 0. The smallest absolute Gasteiger partial charge is 0.0409 e. The van der Waals surface area contributed by atoms with E-state index in [9.17, 15) is 0 Å². The molecule has 0 N–H and O–H groups in total. The quantitative estimate of drug-likeness (QED) is 0.720. The van der Waals surface area contributed by atoms with Crippen molar-refractivity contribution < 1.29 is 0 Å². The molecule has 1 aromatic carbocycles. The van der Waals surface area contributed by atoms with Gasteiger partial charge in [-0.1, -0.05) is 37.1 Å². The van der Waals surface area contributed by atoms with Crippen molar-refractivity contribution in [1.82, 2.24) is 4.90 Å². The van der Waals surface area contributed by atoms with Crippen LogP contribution in [0.1, 0.15) is 25.3 Å². The number of rotatable bonds is 5. The Morgan fingerprint density at radius 2 is 2.14 bits per heavy atom. The van der Waals surface area contributed by atoms with Crippen LogP contribution in [0.4, 0.5) is 0 Å². The van der Waals surface area contributed by atoms with Gasteiger partial charge in [0.25, 0.3) is 0 Å². The van der Waals surface area contributed by atoms with Crippen molar-refractivity contribution in [2.24, 2.45) is 0 Å². The second kappa shape index (κ2) is 6.05. The average molecular weight is 212 g/mol. The maximum absolute atomic E-state index is 5.91. The van der Waals surface area contributed by atoms with Gasteiger partial charge in [-0.25, -0.2) is 0 Å². The maximum atomic E-state index is 5.91. The van der Waals surface area contributed by atoms with Crippen LogP contribution >= 0.6 is 11.6 Å². The molecule has 2 heteroatoms. The Kier molecular flexibility index (Phi) is 4.99. The second-order valence-corrected chi connectivity index (χ2v) is 4.16. The summed E-state index contributed by atoms with van der Waals surface area (Å²) in [6, 6.07) is 8.07. The van der Waals surface area contributed by atoms with E-state index in [4.69, 9.17) is 11.6 Å². The topological polar surface area (TPSA) is 3.24 Å². The lowest BCUT2D eigenvalue weighted by atomic mass is 10.2. The summed E-state index contributed by atoms with van der Waals surface area (Å²) in [6.07, 6.45) is 2.51. The Labute approximate surface area is 91.7 Å². The molecule has 0 spiro atoms. The van der Waals surface area contributed by atoms with Crippen LogP contribution in [-0.4, -0.2) is 18.5 Å². The molecule has 0 saturated heterocycles. The molecule has 0 aliphatic heterocycles. The van der Waals surface area contributed by atoms with Gasteiger partial charge in [-0.05, 0) is 37.7 Å². The van der Waals surface area contributed by atoms with Gasteiger partial charge in [0.15, 0.2) is 0 Å². The van der Waals surface area contributed by atoms with Gasteiger partial charge in [0, 0.05) is 11.6 Å². The lowest BCUT2D eigenvalue weighted by Crippen LogP contribution is -2.18. The molecule has 0 amide bonds. The van der Waals surface area contributed by atoms with Crippen LogP contribution in [-0.2, 0) is 6.54 Å². The minimum atomic E-state index is 0.825. The highest BCUT2D eigenvalue weighted by molar-refractivity contribution is 6.30. The van der Waals surface area contributed by atoms with E-state index in [0.717, 1.165) is 18.1 Å².